The normalized spacial score (nSPS) is 12.9. The standard InChI is InChI=1S/C7H16Si/c1-5-6-8(4)7(2)3/h6-7H,5H2,1-4H3. The van der Waals surface area contributed by atoms with Gasteiger partial charge in [-0.05, 0) is 12.0 Å². The summed E-state index contributed by atoms with van der Waals surface area (Å²) in [5, 5.41) is 0. The van der Waals surface area contributed by atoms with Crippen LogP contribution in [0.1, 0.15) is 27.2 Å². The molecule has 0 heterocycles. The minimum atomic E-state index is -0.0826. The van der Waals surface area contributed by atoms with E-state index in [0.717, 1.165) is 5.54 Å². The van der Waals surface area contributed by atoms with E-state index in [0.29, 0.717) is 0 Å². The Morgan fingerprint density at radius 2 is 2.00 bits per heavy atom. The van der Waals surface area contributed by atoms with Crippen molar-refractivity contribution in [2.24, 2.45) is 0 Å². The quantitative estimate of drug-likeness (QED) is 0.501. The first-order valence-corrected chi connectivity index (χ1v) is 5.50. The molecule has 0 saturated carbocycles. The van der Waals surface area contributed by atoms with E-state index in [-0.39, 0.29) is 8.41 Å². The molecule has 1 heteroatoms. The summed E-state index contributed by atoms with van der Waals surface area (Å²) < 4.78 is 0. The van der Waals surface area contributed by atoms with E-state index >= 15 is 0 Å². The summed E-state index contributed by atoms with van der Waals surface area (Å²) in [7, 11) is -0.0826. The zero-order chi connectivity index (χ0) is 6.57. The van der Waals surface area contributed by atoms with Crippen LogP contribution in [0.5, 0.6) is 0 Å². The van der Waals surface area contributed by atoms with Crippen LogP contribution in [0.25, 0.3) is 0 Å². The second-order valence-corrected chi connectivity index (χ2v) is 5.56. The average molecular weight is 128 g/mol. The van der Waals surface area contributed by atoms with Crippen LogP contribution in [-0.4, -0.2) is 14.1 Å². The molecule has 0 spiro atoms. The predicted octanol–water partition coefficient (Wildman–Crippen LogP) is 2.31. The second kappa shape index (κ2) is 4.01. The summed E-state index contributed by atoms with van der Waals surface area (Å²) in [6.45, 7) is 9.20. The van der Waals surface area contributed by atoms with Gasteiger partial charge in [-0.2, -0.15) is 0 Å². The van der Waals surface area contributed by atoms with Crippen molar-refractivity contribution in [3.05, 3.63) is 0 Å². The highest BCUT2D eigenvalue weighted by Gasteiger charge is 1.93. The minimum Gasteiger partial charge on any atom is -0.104 e. The molecular weight excluding hydrogens is 112 g/mol. The van der Waals surface area contributed by atoms with Gasteiger partial charge in [-0.3, -0.25) is 0 Å². The summed E-state index contributed by atoms with van der Waals surface area (Å²) in [6.07, 6.45) is 1.25. The highest BCUT2D eigenvalue weighted by molar-refractivity contribution is 6.65. The van der Waals surface area contributed by atoms with Crippen LogP contribution < -0.4 is 0 Å². The molecule has 0 aliphatic heterocycles. The maximum Gasteiger partial charge on any atom is 0.00474 e. The lowest BCUT2D eigenvalue weighted by molar-refractivity contribution is 1.06. The van der Waals surface area contributed by atoms with Gasteiger partial charge in [-0.25, -0.2) is 0 Å². The van der Waals surface area contributed by atoms with Crippen LogP contribution in [0, 0.1) is 0 Å². The third-order valence-corrected chi connectivity index (χ3v) is 4.31. The van der Waals surface area contributed by atoms with Gasteiger partial charge >= 0.3 is 0 Å². The van der Waals surface area contributed by atoms with Crippen LogP contribution in [-0.2, 0) is 0 Å². The Morgan fingerprint density at radius 3 is 2.12 bits per heavy atom. The van der Waals surface area contributed by atoms with Gasteiger partial charge in [-0.15, -0.1) is 5.67 Å². The van der Waals surface area contributed by atoms with Crippen molar-refractivity contribution in [1.82, 2.24) is 0 Å². The third-order valence-electron chi connectivity index (χ3n) is 1.44. The van der Waals surface area contributed by atoms with Crippen LogP contribution >= 0.6 is 0 Å². The third kappa shape index (κ3) is 3.14. The maximum atomic E-state index is 2.47. The first-order chi connectivity index (χ1) is 3.68. The Hall–Kier alpha value is 0.0869. The molecule has 0 fully saturated rings. The molecule has 0 aliphatic carbocycles. The van der Waals surface area contributed by atoms with Gasteiger partial charge in [0.2, 0.25) is 0 Å². The number of rotatable bonds is 2. The van der Waals surface area contributed by atoms with Gasteiger partial charge in [0, 0.05) is 8.41 Å². The molecule has 0 unspecified atom stereocenters. The fraction of sp³-hybridized carbons (Fsp3) is 0.857. The Balaban J connectivity index is 3.61. The number of hydrogen-bond donors (Lipinski definition) is 0. The zero-order valence-electron chi connectivity index (χ0n) is 6.36. The van der Waals surface area contributed by atoms with Gasteiger partial charge in [0.05, 0.1) is 0 Å². The molecule has 0 amide bonds. The van der Waals surface area contributed by atoms with Crippen molar-refractivity contribution in [3.8, 4) is 0 Å². The van der Waals surface area contributed by atoms with Crippen molar-refractivity contribution >= 4 is 14.1 Å². The molecular formula is C7H16Si. The molecule has 0 nitrogen and oxygen atoms in total. The van der Waals surface area contributed by atoms with Crippen molar-refractivity contribution in [3.63, 3.8) is 0 Å². The van der Waals surface area contributed by atoms with Gasteiger partial charge in [0.15, 0.2) is 0 Å². The Labute approximate surface area is 54.1 Å². The first kappa shape index (κ1) is 8.09. The molecule has 0 bridgehead atoms. The Morgan fingerprint density at radius 1 is 1.50 bits per heavy atom. The summed E-state index contributed by atoms with van der Waals surface area (Å²) in [6, 6.07) is 0. The van der Waals surface area contributed by atoms with Crippen molar-refractivity contribution in [1.29, 1.82) is 0 Å². The SMILES string of the molecule is CCC=[Si](C)C(C)C. The molecule has 48 valence electrons. The largest absolute Gasteiger partial charge is 0.104 e. The number of hydrogen-bond acceptors (Lipinski definition) is 0. The molecule has 0 N–H and O–H groups in total. The van der Waals surface area contributed by atoms with Gasteiger partial charge in [0.1, 0.15) is 0 Å². The van der Waals surface area contributed by atoms with Crippen molar-refractivity contribution in [2.75, 3.05) is 0 Å². The van der Waals surface area contributed by atoms with Crippen molar-refractivity contribution < 1.29 is 0 Å². The van der Waals surface area contributed by atoms with E-state index in [1.165, 1.54) is 6.42 Å². The van der Waals surface area contributed by atoms with E-state index < -0.39 is 0 Å². The van der Waals surface area contributed by atoms with E-state index in [2.05, 4.69) is 33.0 Å². The maximum absolute atomic E-state index is 2.47. The van der Waals surface area contributed by atoms with Gasteiger partial charge in [0.25, 0.3) is 0 Å². The molecule has 0 aromatic carbocycles. The average Bonchev–Trinajstić information content (AvgIpc) is 1.67. The van der Waals surface area contributed by atoms with Crippen LogP contribution in [0.4, 0.5) is 0 Å². The van der Waals surface area contributed by atoms with E-state index in [1.54, 1.807) is 0 Å². The van der Waals surface area contributed by atoms with Crippen LogP contribution in [0.15, 0.2) is 0 Å². The predicted molar refractivity (Wildman–Crippen MR) is 43.1 cm³/mol. The van der Waals surface area contributed by atoms with E-state index in [4.69, 9.17) is 0 Å². The van der Waals surface area contributed by atoms with Crippen LogP contribution in [0.2, 0.25) is 12.1 Å². The molecule has 8 heavy (non-hydrogen) atoms. The van der Waals surface area contributed by atoms with Gasteiger partial charge in [-0.1, -0.05) is 27.3 Å². The highest BCUT2D eigenvalue weighted by Crippen LogP contribution is 1.99. The van der Waals surface area contributed by atoms with Gasteiger partial charge < -0.3 is 0 Å². The fourth-order valence-electron chi connectivity index (χ4n) is 0.558. The monoisotopic (exact) mass is 128 g/mol. The first-order valence-electron chi connectivity index (χ1n) is 3.35. The minimum absolute atomic E-state index is 0.0826. The molecule has 0 aromatic rings. The molecule has 0 atom stereocenters. The lowest BCUT2D eigenvalue weighted by atomic mass is 10.6. The van der Waals surface area contributed by atoms with E-state index in [1.807, 2.05) is 0 Å². The summed E-state index contributed by atoms with van der Waals surface area (Å²) in [5.41, 5.74) is 3.38. The zero-order valence-corrected chi connectivity index (χ0v) is 7.36. The van der Waals surface area contributed by atoms with Crippen LogP contribution in [0.3, 0.4) is 0 Å². The highest BCUT2D eigenvalue weighted by atomic mass is 28.2. The molecule has 0 aliphatic rings. The summed E-state index contributed by atoms with van der Waals surface area (Å²) >= 11 is 0. The smallest absolute Gasteiger partial charge is 0.00474 e. The Kier molecular flexibility index (Phi) is 4.06. The van der Waals surface area contributed by atoms with Crippen molar-refractivity contribution in [2.45, 2.75) is 39.3 Å². The molecule has 0 radical (unpaired) electrons. The lowest BCUT2D eigenvalue weighted by Gasteiger charge is -2.00. The molecule has 0 saturated heterocycles. The Bertz CT molecular complexity index is 82.4. The summed E-state index contributed by atoms with van der Waals surface area (Å²) in [4.78, 5) is 0. The topological polar surface area (TPSA) is 0 Å². The molecule has 0 aromatic heterocycles. The van der Waals surface area contributed by atoms with E-state index in [9.17, 15) is 0 Å². The second-order valence-electron chi connectivity index (χ2n) is 2.51. The molecule has 0 rings (SSSR count). The lowest BCUT2D eigenvalue weighted by Crippen LogP contribution is -2.02. The fourth-order valence-corrected chi connectivity index (χ4v) is 1.67. The summed E-state index contributed by atoms with van der Waals surface area (Å²) in [5.74, 6) is 0.